The molecule has 2 heterocycles. The van der Waals surface area contributed by atoms with E-state index in [0.29, 0.717) is 5.92 Å². The zero-order valence-electron chi connectivity index (χ0n) is 16.6. The molecule has 2 aromatic rings. The average Bonchev–Trinajstić information content (AvgIpc) is 3.18. The Balaban J connectivity index is 1.58. The van der Waals surface area contributed by atoms with E-state index in [9.17, 15) is 4.79 Å². The van der Waals surface area contributed by atoms with Gasteiger partial charge in [0.05, 0.1) is 5.69 Å². The molecule has 0 unspecified atom stereocenters. The number of carbonyl (C=O) groups excluding carboxylic acids is 1. The van der Waals surface area contributed by atoms with Gasteiger partial charge in [0.1, 0.15) is 0 Å². The van der Waals surface area contributed by atoms with E-state index >= 15 is 0 Å². The average molecular weight is 387 g/mol. The van der Waals surface area contributed by atoms with E-state index < -0.39 is 0 Å². The summed E-state index contributed by atoms with van der Waals surface area (Å²) < 4.78 is 0. The van der Waals surface area contributed by atoms with Crippen LogP contribution in [0.3, 0.4) is 0 Å². The molecule has 0 radical (unpaired) electrons. The first-order valence-electron chi connectivity index (χ1n) is 9.88. The summed E-state index contributed by atoms with van der Waals surface area (Å²) in [4.78, 5) is 24.0. The van der Waals surface area contributed by atoms with E-state index in [4.69, 9.17) is 4.98 Å². The normalized spacial score (nSPS) is 14.7. The number of benzene rings is 1. The van der Waals surface area contributed by atoms with Crippen LogP contribution >= 0.6 is 11.3 Å². The van der Waals surface area contributed by atoms with Gasteiger partial charge in [-0.3, -0.25) is 0 Å². The summed E-state index contributed by atoms with van der Waals surface area (Å²) in [7, 11) is 0. The molecular formula is C21H30N4OS. The molecule has 0 saturated carbocycles. The quantitative estimate of drug-likeness (QED) is 0.738. The summed E-state index contributed by atoms with van der Waals surface area (Å²) in [6.07, 6.45) is 1.000. The van der Waals surface area contributed by atoms with E-state index in [1.165, 1.54) is 0 Å². The number of urea groups is 1. The van der Waals surface area contributed by atoms with E-state index in [1.807, 2.05) is 28.0 Å². The molecule has 3 rings (SSSR count). The number of nitrogens with zero attached hydrogens (tertiary/aromatic N) is 4. The van der Waals surface area contributed by atoms with Gasteiger partial charge in [-0.05, 0) is 12.3 Å². The van der Waals surface area contributed by atoms with Crippen LogP contribution in [0.5, 0.6) is 0 Å². The van der Waals surface area contributed by atoms with Crippen LogP contribution in [-0.4, -0.2) is 60.1 Å². The number of anilines is 1. The predicted molar refractivity (Wildman–Crippen MR) is 113 cm³/mol. The van der Waals surface area contributed by atoms with Crippen molar-refractivity contribution in [2.45, 2.75) is 27.2 Å². The summed E-state index contributed by atoms with van der Waals surface area (Å²) in [5, 5.41) is 3.17. The fourth-order valence-electron chi connectivity index (χ4n) is 3.42. The lowest BCUT2D eigenvalue weighted by molar-refractivity contribution is 0.144. The van der Waals surface area contributed by atoms with Gasteiger partial charge in [0.15, 0.2) is 5.13 Å². The summed E-state index contributed by atoms with van der Waals surface area (Å²) in [5.41, 5.74) is 2.18. The minimum Gasteiger partial charge on any atom is -0.345 e. The SMILES string of the molecule is CCCN(CC(C)C)C(=O)N1CCN(c2nc(-c3ccccc3)cs2)CC1. The minimum absolute atomic E-state index is 0.189. The molecule has 1 fully saturated rings. The molecule has 6 heteroatoms. The largest absolute Gasteiger partial charge is 0.345 e. The highest BCUT2D eigenvalue weighted by molar-refractivity contribution is 7.14. The molecule has 2 amide bonds. The van der Waals surface area contributed by atoms with Crippen LogP contribution in [0.25, 0.3) is 11.3 Å². The maximum Gasteiger partial charge on any atom is 0.320 e. The predicted octanol–water partition coefficient (Wildman–Crippen LogP) is 4.42. The van der Waals surface area contributed by atoms with Crippen molar-refractivity contribution in [2.75, 3.05) is 44.2 Å². The van der Waals surface area contributed by atoms with Gasteiger partial charge < -0.3 is 14.7 Å². The summed E-state index contributed by atoms with van der Waals surface area (Å²) in [6.45, 7) is 11.3. The number of amides is 2. The van der Waals surface area contributed by atoms with Gasteiger partial charge in [0.2, 0.25) is 0 Å². The molecular weight excluding hydrogens is 356 g/mol. The van der Waals surface area contributed by atoms with Gasteiger partial charge in [-0.15, -0.1) is 11.3 Å². The van der Waals surface area contributed by atoms with Gasteiger partial charge in [0, 0.05) is 50.2 Å². The molecule has 1 aromatic carbocycles. The highest BCUT2D eigenvalue weighted by Gasteiger charge is 2.26. The Bertz CT molecular complexity index is 723. The van der Waals surface area contributed by atoms with Crippen LogP contribution < -0.4 is 4.90 Å². The zero-order valence-corrected chi connectivity index (χ0v) is 17.4. The molecule has 1 aliphatic heterocycles. The van der Waals surface area contributed by atoms with Crippen LogP contribution in [0.2, 0.25) is 0 Å². The lowest BCUT2D eigenvalue weighted by atomic mass is 10.2. The number of aromatic nitrogens is 1. The fraction of sp³-hybridized carbons (Fsp3) is 0.524. The molecule has 5 nitrogen and oxygen atoms in total. The summed E-state index contributed by atoms with van der Waals surface area (Å²) in [5.74, 6) is 0.494. The minimum atomic E-state index is 0.189. The first-order valence-corrected chi connectivity index (χ1v) is 10.8. The molecule has 0 aliphatic carbocycles. The molecule has 0 spiro atoms. The second kappa shape index (κ2) is 9.22. The topological polar surface area (TPSA) is 39.7 Å². The third kappa shape index (κ3) is 5.01. The van der Waals surface area contributed by atoms with E-state index in [2.05, 4.69) is 43.2 Å². The first kappa shape index (κ1) is 19.7. The lowest BCUT2D eigenvalue weighted by Gasteiger charge is -2.38. The van der Waals surface area contributed by atoms with Crippen molar-refractivity contribution in [3.05, 3.63) is 35.7 Å². The van der Waals surface area contributed by atoms with Crippen LogP contribution in [0.15, 0.2) is 35.7 Å². The molecule has 146 valence electrons. The van der Waals surface area contributed by atoms with Gasteiger partial charge in [-0.1, -0.05) is 51.1 Å². The highest BCUT2D eigenvalue weighted by atomic mass is 32.1. The number of hydrogen-bond acceptors (Lipinski definition) is 4. The monoisotopic (exact) mass is 386 g/mol. The van der Waals surface area contributed by atoms with Crippen molar-refractivity contribution in [2.24, 2.45) is 5.92 Å². The zero-order chi connectivity index (χ0) is 19.2. The molecule has 1 aliphatic rings. The lowest BCUT2D eigenvalue weighted by Crippen LogP contribution is -2.53. The van der Waals surface area contributed by atoms with Crippen molar-refractivity contribution < 1.29 is 4.79 Å². The van der Waals surface area contributed by atoms with Crippen molar-refractivity contribution in [1.82, 2.24) is 14.8 Å². The summed E-state index contributed by atoms with van der Waals surface area (Å²) >= 11 is 1.68. The van der Waals surface area contributed by atoms with Gasteiger partial charge in [-0.25, -0.2) is 9.78 Å². The second-order valence-electron chi connectivity index (χ2n) is 7.48. The van der Waals surface area contributed by atoms with Crippen LogP contribution in [-0.2, 0) is 0 Å². The Morgan fingerprint density at radius 3 is 2.52 bits per heavy atom. The maximum atomic E-state index is 12.9. The number of carbonyl (C=O) groups is 1. The van der Waals surface area contributed by atoms with Crippen LogP contribution in [0.4, 0.5) is 9.93 Å². The van der Waals surface area contributed by atoms with E-state index in [-0.39, 0.29) is 6.03 Å². The Morgan fingerprint density at radius 2 is 1.89 bits per heavy atom. The van der Waals surface area contributed by atoms with Crippen molar-refractivity contribution >= 4 is 22.5 Å². The molecule has 1 aromatic heterocycles. The third-order valence-electron chi connectivity index (χ3n) is 4.73. The van der Waals surface area contributed by atoms with Crippen molar-refractivity contribution in [1.29, 1.82) is 0 Å². The first-order chi connectivity index (χ1) is 13.1. The second-order valence-corrected chi connectivity index (χ2v) is 8.31. The van der Waals surface area contributed by atoms with Gasteiger partial charge in [-0.2, -0.15) is 0 Å². The highest BCUT2D eigenvalue weighted by Crippen LogP contribution is 2.28. The van der Waals surface area contributed by atoms with E-state index in [0.717, 1.165) is 62.1 Å². The number of piperazine rings is 1. The Morgan fingerprint density at radius 1 is 1.19 bits per heavy atom. The van der Waals surface area contributed by atoms with Crippen LogP contribution in [0, 0.1) is 5.92 Å². The van der Waals surface area contributed by atoms with Crippen LogP contribution in [0.1, 0.15) is 27.2 Å². The molecule has 0 atom stereocenters. The third-order valence-corrected chi connectivity index (χ3v) is 5.63. The Labute approximate surface area is 166 Å². The Kier molecular flexibility index (Phi) is 6.72. The smallest absolute Gasteiger partial charge is 0.320 e. The summed E-state index contributed by atoms with van der Waals surface area (Å²) in [6, 6.07) is 10.5. The van der Waals surface area contributed by atoms with Gasteiger partial charge >= 0.3 is 6.03 Å². The molecule has 0 bridgehead atoms. The van der Waals surface area contributed by atoms with Gasteiger partial charge in [0.25, 0.3) is 0 Å². The number of rotatable bonds is 6. The molecule has 0 N–H and O–H groups in total. The number of hydrogen-bond donors (Lipinski definition) is 0. The van der Waals surface area contributed by atoms with Crippen molar-refractivity contribution in [3.63, 3.8) is 0 Å². The fourth-order valence-corrected chi connectivity index (χ4v) is 4.30. The maximum absolute atomic E-state index is 12.9. The Hall–Kier alpha value is -2.08. The molecule has 27 heavy (non-hydrogen) atoms. The van der Waals surface area contributed by atoms with E-state index in [1.54, 1.807) is 11.3 Å². The van der Waals surface area contributed by atoms with Crippen molar-refractivity contribution in [3.8, 4) is 11.3 Å². The number of thiazole rings is 1. The molecule has 1 saturated heterocycles. The standard InChI is InChI=1S/C21H30N4OS/c1-4-10-25(15-17(2)3)21(26)24-13-11-23(12-14-24)20-22-19(16-27-20)18-8-6-5-7-9-18/h5-9,16-17H,4,10-15H2,1-3H3.